The summed E-state index contributed by atoms with van der Waals surface area (Å²) >= 11 is 0. The third-order valence-corrected chi connectivity index (χ3v) is 5.12. The molecule has 8 heteroatoms. The van der Waals surface area contributed by atoms with Crippen molar-refractivity contribution in [3.05, 3.63) is 95.7 Å². The summed E-state index contributed by atoms with van der Waals surface area (Å²) in [7, 11) is 1.80. The second kappa shape index (κ2) is 11.3. The van der Waals surface area contributed by atoms with Gasteiger partial charge < -0.3 is 24.9 Å². The largest absolute Gasteiger partial charge is 0.494 e. The number of ether oxygens (including phenoxy) is 1. The smallest absolute Gasteiger partial charge is 0.221 e. The monoisotopic (exact) mass is 447 g/mol. The van der Waals surface area contributed by atoms with Crippen LogP contribution in [-0.4, -0.2) is 33.0 Å². The van der Waals surface area contributed by atoms with Crippen LogP contribution in [0.1, 0.15) is 35.2 Å². The molecule has 2 heterocycles. The van der Waals surface area contributed by atoms with Crippen molar-refractivity contribution in [2.75, 3.05) is 18.5 Å². The molecule has 4 aromatic rings. The predicted molar refractivity (Wildman–Crippen MR) is 126 cm³/mol. The molecule has 0 aliphatic rings. The Labute approximate surface area is 193 Å². The van der Waals surface area contributed by atoms with Crippen LogP contribution in [0.15, 0.2) is 77.4 Å². The molecule has 0 bridgehead atoms. The van der Waals surface area contributed by atoms with Gasteiger partial charge in [-0.2, -0.15) is 10.1 Å². The van der Waals surface area contributed by atoms with Crippen molar-refractivity contribution in [3.63, 3.8) is 0 Å². The summed E-state index contributed by atoms with van der Waals surface area (Å²) in [6.07, 6.45) is 1.62. The van der Waals surface area contributed by atoms with E-state index in [-0.39, 0.29) is 0 Å². The van der Waals surface area contributed by atoms with Crippen LogP contribution in [0.4, 0.5) is 5.95 Å². The second-order valence-corrected chi connectivity index (χ2v) is 7.69. The molecule has 0 amide bonds. The van der Waals surface area contributed by atoms with E-state index in [1.807, 2.05) is 60.7 Å². The number of benzene rings is 2. The van der Waals surface area contributed by atoms with Gasteiger partial charge in [0.15, 0.2) is 5.82 Å². The van der Waals surface area contributed by atoms with Crippen molar-refractivity contribution in [1.82, 2.24) is 20.1 Å². The van der Waals surface area contributed by atoms with Crippen LogP contribution in [0, 0.1) is 0 Å². The van der Waals surface area contributed by atoms with Crippen LogP contribution in [-0.2, 0) is 20.1 Å². The maximum Gasteiger partial charge on any atom is 0.221 e. The zero-order valence-corrected chi connectivity index (χ0v) is 18.6. The molecule has 0 radical (unpaired) electrons. The molecule has 0 saturated heterocycles. The molecule has 0 spiro atoms. The van der Waals surface area contributed by atoms with Crippen LogP contribution in [0.25, 0.3) is 0 Å². The summed E-state index contributed by atoms with van der Waals surface area (Å²) in [5.41, 5.74) is 1.92. The van der Waals surface area contributed by atoms with Gasteiger partial charge >= 0.3 is 0 Å². The number of furan rings is 1. The van der Waals surface area contributed by atoms with E-state index in [0.29, 0.717) is 31.5 Å². The van der Waals surface area contributed by atoms with Crippen LogP contribution < -0.4 is 15.4 Å². The van der Waals surface area contributed by atoms with E-state index in [1.165, 1.54) is 0 Å². The molecule has 1 unspecified atom stereocenters. The number of aliphatic hydroxyl groups excluding tert-OH is 1. The number of nitrogens with one attached hydrogen (secondary N) is 2. The Morgan fingerprint density at radius 3 is 2.76 bits per heavy atom. The summed E-state index contributed by atoms with van der Waals surface area (Å²) in [5, 5.41) is 21.4. The first kappa shape index (κ1) is 22.6. The zero-order valence-electron chi connectivity index (χ0n) is 18.6. The predicted octanol–water partition coefficient (Wildman–Crippen LogP) is 3.66. The molecule has 0 fully saturated rings. The number of hydrogen-bond acceptors (Lipinski definition) is 7. The van der Waals surface area contributed by atoms with E-state index in [1.54, 1.807) is 18.0 Å². The summed E-state index contributed by atoms with van der Waals surface area (Å²) in [5.74, 6) is 2.75. The maximum absolute atomic E-state index is 10.5. The van der Waals surface area contributed by atoms with Gasteiger partial charge in [0.2, 0.25) is 5.95 Å². The minimum Gasteiger partial charge on any atom is -0.494 e. The maximum atomic E-state index is 10.5. The van der Waals surface area contributed by atoms with E-state index in [4.69, 9.17) is 9.15 Å². The molecule has 0 saturated carbocycles. The van der Waals surface area contributed by atoms with Gasteiger partial charge in [0.25, 0.3) is 0 Å². The lowest BCUT2D eigenvalue weighted by atomic mass is 10.1. The fourth-order valence-corrected chi connectivity index (χ4v) is 3.41. The number of rotatable bonds is 12. The van der Waals surface area contributed by atoms with E-state index in [2.05, 4.69) is 26.8 Å². The molecule has 3 N–H and O–H groups in total. The van der Waals surface area contributed by atoms with Crippen LogP contribution in [0.2, 0.25) is 0 Å². The third-order valence-electron chi connectivity index (χ3n) is 5.12. The van der Waals surface area contributed by atoms with Gasteiger partial charge in [-0.25, -0.2) is 4.68 Å². The molecular weight excluding hydrogens is 418 g/mol. The van der Waals surface area contributed by atoms with Gasteiger partial charge in [-0.05, 0) is 41.8 Å². The second-order valence-electron chi connectivity index (χ2n) is 7.69. The number of aryl methyl sites for hydroxylation is 1. The Morgan fingerprint density at radius 2 is 1.94 bits per heavy atom. The van der Waals surface area contributed by atoms with E-state index >= 15 is 0 Å². The highest BCUT2D eigenvalue weighted by molar-refractivity contribution is 5.30. The Kier molecular flexibility index (Phi) is 7.73. The highest BCUT2D eigenvalue weighted by atomic mass is 16.5. The first-order valence-electron chi connectivity index (χ1n) is 11.0. The Hall–Kier alpha value is -3.62. The molecular formula is C25H29N5O3. The summed E-state index contributed by atoms with van der Waals surface area (Å²) < 4.78 is 12.9. The number of aliphatic hydroxyl groups is 1. The lowest BCUT2D eigenvalue weighted by molar-refractivity contribution is 0.209. The van der Waals surface area contributed by atoms with Crippen LogP contribution in [0.3, 0.4) is 0 Å². The van der Waals surface area contributed by atoms with Gasteiger partial charge in [-0.3, -0.25) is 0 Å². The fourth-order valence-electron chi connectivity index (χ4n) is 3.41. The molecule has 0 aliphatic carbocycles. The van der Waals surface area contributed by atoms with Crippen LogP contribution in [0.5, 0.6) is 5.75 Å². The van der Waals surface area contributed by atoms with Gasteiger partial charge in [0.1, 0.15) is 17.6 Å². The van der Waals surface area contributed by atoms with Gasteiger partial charge in [-0.15, -0.1) is 0 Å². The van der Waals surface area contributed by atoms with Crippen molar-refractivity contribution in [2.45, 2.75) is 25.6 Å². The molecule has 172 valence electrons. The van der Waals surface area contributed by atoms with Crippen molar-refractivity contribution >= 4 is 5.95 Å². The van der Waals surface area contributed by atoms with Crippen LogP contribution >= 0.6 is 0 Å². The van der Waals surface area contributed by atoms with Crippen molar-refractivity contribution in [2.24, 2.45) is 7.05 Å². The summed E-state index contributed by atoms with van der Waals surface area (Å²) in [6.45, 7) is 2.68. The zero-order chi connectivity index (χ0) is 22.9. The molecule has 2 aromatic carbocycles. The lowest BCUT2D eigenvalue weighted by Gasteiger charge is -2.09. The third kappa shape index (κ3) is 6.44. The molecule has 8 nitrogen and oxygen atoms in total. The summed E-state index contributed by atoms with van der Waals surface area (Å²) in [6, 6.07) is 21.3. The van der Waals surface area contributed by atoms with Crippen molar-refractivity contribution < 1.29 is 14.3 Å². The molecule has 1 atom stereocenters. The topological polar surface area (TPSA) is 97.4 Å². The van der Waals surface area contributed by atoms with Gasteiger partial charge in [-0.1, -0.05) is 42.5 Å². The van der Waals surface area contributed by atoms with E-state index in [0.717, 1.165) is 35.6 Å². The minimum absolute atomic E-state index is 0.375. The van der Waals surface area contributed by atoms with Crippen molar-refractivity contribution in [1.29, 1.82) is 0 Å². The number of nitrogens with zero attached hydrogens (tertiary/aromatic N) is 3. The average molecular weight is 448 g/mol. The molecule has 33 heavy (non-hydrogen) atoms. The normalized spacial score (nSPS) is 11.9. The first-order chi connectivity index (χ1) is 16.2. The average Bonchev–Trinajstić information content (AvgIpc) is 3.49. The fraction of sp³-hybridized carbons (Fsp3) is 0.280. The Morgan fingerprint density at radius 1 is 1.06 bits per heavy atom. The minimum atomic E-state index is -0.850. The van der Waals surface area contributed by atoms with E-state index in [9.17, 15) is 5.11 Å². The van der Waals surface area contributed by atoms with Gasteiger partial charge in [0, 0.05) is 20.1 Å². The SMILES string of the molecule is Cn1nc(C(O)c2ccccc2)nc1NCCCOc1cccc(CNCc2ccco2)c1. The van der Waals surface area contributed by atoms with Gasteiger partial charge in [0.05, 0.1) is 19.4 Å². The number of anilines is 1. The number of hydrogen-bond donors (Lipinski definition) is 3. The van der Waals surface area contributed by atoms with E-state index < -0.39 is 6.10 Å². The Bertz CT molecular complexity index is 1110. The Balaban J connectivity index is 1.19. The molecule has 2 aromatic heterocycles. The quantitative estimate of drug-likeness (QED) is 0.285. The number of aromatic nitrogens is 3. The standard InChI is InChI=1S/C25H29N5O3/c1-30-25(28-24(29-30)23(31)20-9-3-2-4-10-20)27-13-7-15-32-21-11-5-8-19(16-21)17-26-18-22-12-6-14-33-22/h2-6,8-12,14,16,23,26,31H,7,13,15,17-18H2,1H3,(H,27,28,29). The highest BCUT2D eigenvalue weighted by Crippen LogP contribution is 2.20. The molecule has 4 rings (SSSR count). The highest BCUT2D eigenvalue weighted by Gasteiger charge is 2.17. The molecule has 0 aliphatic heterocycles. The van der Waals surface area contributed by atoms with Crippen molar-refractivity contribution in [3.8, 4) is 5.75 Å². The summed E-state index contributed by atoms with van der Waals surface area (Å²) in [4.78, 5) is 4.44. The lowest BCUT2D eigenvalue weighted by Crippen LogP contribution is -2.12. The first-order valence-corrected chi connectivity index (χ1v) is 11.0.